The van der Waals surface area contributed by atoms with Gasteiger partial charge in [0.15, 0.2) is 11.2 Å². The van der Waals surface area contributed by atoms with E-state index >= 15 is 0 Å². The summed E-state index contributed by atoms with van der Waals surface area (Å²) in [4.78, 5) is 24.2. The number of carbonyl (C=O) groups excluding carboxylic acids is 2. The lowest BCUT2D eigenvalue weighted by molar-refractivity contribution is -0.127. The lowest BCUT2D eigenvalue weighted by Crippen LogP contribution is -2.51. The number of rotatable bonds is 4. The maximum atomic E-state index is 12.2. The minimum atomic E-state index is -0.763. The van der Waals surface area contributed by atoms with Crippen molar-refractivity contribution in [1.29, 1.82) is 0 Å². The lowest BCUT2D eigenvalue weighted by Gasteiger charge is -2.16. The number of benzene rings is 3. The highest BCUT2D eigenvalue weighted by Crippen LogP contribution is 2.21. The Bertz CT molecular complexity index is 1010. The van der Waals surface area contributed by atoms with Crippen LogP contribution in [0.15, 0.2) is 72.8 Å². The highest BCUT2D eigenvalue weighted by molar-refractivity contribution is 7.80. The molecule has 1 atom stereocenters. The van der Waals surface area contributed by atoms with Crippen LogP contribution in [0.4, 0.5) is 0 Å². The summed E-state index contributed by atoms with van der Waals surface area (Å²) in [6.07, 6.45) is -0.763. The maximum absolute atomic E-state index is 12.2. The monoisotopic (exact) mass is 393 g/mol. The third-order valence-corrected chi connectivity index (χ3v) is 4.17. The molecule has 0 radical (unpaired) electrons. The van der Waals surface area contributed by atoms with Gasteiger partial charge in [0.1, 0.15) is 5.75 Å². The van der Waals surface area contributed by atoms with Gasteiger partial charge in [0.2, 0.25) is 0 Å². The van der Waals surface area contributed by atoms with Crippen LogP contribution in [-0.2, 0) is 4.79 Å². The van der Waals surface area contributed by atoms with Crippen molar-refractivity contribution in [2.24, 2.45) is 0 Å². The zero-order valence-corrected chi connectivity index (χ0v) is 16.0. The second-order valence-electron chi connectivity index (χ2n) is 6.03. The van der Waals surface area contributed by atoms with Gasteiger partial charge in [0.25, 0.3) is 11.8 Å². The van der Waals surface area contributed by atoms with E-state index in [1.165, 1.54) is 0 Å². The molecule has 0 fully saturated rings. The third kappa shape index (κ3) is 5.05. The summed E-state index contributed by atoms with van der Waals surface area (Å²) >= 11 is 5.02. The van der Waals surface area contributed by atoms with Crippen molar-refractivity contribution >= 4 is 39.9 Å². The Morgan fingerprint density at radius 1 is 0.893 bits per heavy atom. The summed E-state index contributed by atoms with van der Waals surface area (Å²) < 4.78 is 5.68. The van der Waals surface area contributed by atoms with Crippen molar-refractivity contribution in [2.45, 2.75) is 13.0 Å². The molecule has 0 aliphatic heterocycles. The smallest absolute Gasteiger partial charge is 0.279 e. The largest absolute Gasteiger partial charge is 0.481 e. The molecular formula is C21H19N3O3S. The molecule has 3 aromatic rings. The minimum Gasteiger partial charge on any atom is -0.481 e. The summed E-state index contributed by atoms with van der Waals surface area (Å²) in [7, 11) is 0. The second kappa shape index (κ2) is 8.96. The van der Waals surface area contributed by atoms with E-state index in [1.807, 2.05) is 48.5 Å². The van der Waals surface area contributed by atoms with Crippen molar-refractivity contribution in [1.82, 2.24) is 16.2 Å². The van der Waals surface area contributed by atoms with E-state index in [1.54, 1.807) is 31.2 Å². The van der Waals surface area contributed by atoms with Crippen LogP contribution in [0.2, 0.25) is 0 Å². The first-order chi connectivity index (χ1) is 13.5. The van der Waals surface area contributed by atoms with Gasteiger partial charge in [-0.05, 0) is 54.2 Å². The van der Waals surface area contributed by atoms with Gasteiger partial charge < -0.3 is 4.74 Å². The fraction of sp³-hybridized carbons (Fsp3) is 0.0952. The Labute approximate surface area is 167 Å². The molecule has 0 saturated heterocycles. The molecule has 2 amide bonds. The Morgan fingerprint density at radius 2 is 1.57 bits per heavy atom. The zero-order chi connectivity index (χ0) is 19.9. The van der Waals surface area contributed by atoms with Crippen LogP contribution < -0.4 is 20.9 Å². The van der Waals surface area contributed by atoms with Crippen LogP contribution in [0.25, 0.3) is 10.8 Å². The van der Waals surface area contributed by atoms with Crippen LogP contribution in [-0.4, -0.2) is 23.0 Å². The highest BCUT2D eigenvalue weighted by Gasteiger charge is 2.15. The van der Waals surface area contributed by atoms with Crippen molar-refractivity contribution in [2.75, 3.05) is 0 Å². The summed E-state index contributed by atoms with van der Waals surface area (Å²) in [5.41, 5.74) is 5.39. The number of ether oxygens (including phenoxy) is 1. The second-order valence-corrected chi connectivity index (χ2v) is 6.44. The van der Waals surface area contributed by atoms with Gasteiger partial charge in [-0.2, -0.15) is 0 Å². The Kier molecular flexibility index (Phi) is 6.18. The first kappa shape index (κ1) is 19.3. The van der Waals surface area contributed by atoms with Gasteiger partial charge in [0.05, 0.1) is 0 Å². The maximum Gasteiger partial charge on any atom is 0.279 e. The molecule has 0 unspecified atom stereocenters. The summed E-state index contributed by atoms with van der Waals surface area (Å²) in [5.74, 6) is -0.210. The van der Waals surface area contributed by atoms with E-state index in [-0.39, 0.29) is 11.0 Å². The van der Waals surface area contributed by atoms with Crippen LogP contribution in [0.1, 0.15) is 17.3 Å². The van der Waals surface area contributed by atoms with E-state index < -0.39 is 12.0 Å². The number of hydrogen-bond donors (Lipinski definition) is 3. The molecule has 0 aliphatic rings. The molecule has 0 heterocycles. The van der Waals surface area contributed by atoms with Crippen molar-refractivity contribution in [3.05, 3.63) is 78.4 Å². The SMILES string of the molecule is C[C@H](Oc1ccc2ccccc2c1)C(=O)NNC(=S)NC(=O)c1ccccc1. The van der Waals surface area contributed by atoms with E-state index in [2.05, 4.69) is 16.2 Å². The van der Waals surface area contributed by atoms with E-state index in [4.69, 9.17) is 17.0 Å². The molecule has 3 N–H and O–H groups in total. The van der Waals surface area contributed by atoms with Crippen LogP contribution in [0, 0.1) is 0 Å². The molecule has 0 aliphatic carbocycles. The van der Waals surface area contributed by atoms with Crippen molar-refractivity contribution < 1.29 is 14.3 Å². The van der Waals surface area contributed by atoms with Gasteiger partial charge >= 0.3 is 0 Å². The van der Waals surface area contributed by atoms with Crippen molar-refractivity contribution in [3.63, 3.8) is 0 Å². The minimum absolute atomic E-state index is 0.0138. The molecule has 7 heteroatoms. The molecule has 0 saturated carbocycles. The summed E-state index contributed by atoms with van der Waals surface area (Å²) in [6.45, 7) is 1.62. The van der Waals surface area contributed by atoms with Crippen LogP contribution >= 0.6 is 12.2 Å². The van der Waals surface area contributed by atoms with Crippen LogP contribution in [0.3, 0.4) is 0 Å². The normalized spacial score (nSPS) is 11.3. The third-order valence-electron chi connectivity index (χ3n) is 3.97. The highest BCUT2D eigenvalue weighted by atomic mass is 32.1. The number of thiocarbonyl (C=S) groups is 1. The summed E-state index contributed by atoms with van der Waals surface area (Å²) in [5, 5.41) is 4.59. The quantitative estimate of drug-likeness (QED) is 0.469. The van der Waals surface area contributed by atoms with Crippen LogP contribution in [0.5, 0.6) is 5.75 Å². The van der Waals surface area contributed by atoms with E-state index in [0.29, 0.717) is 11.3 Å². The molecule has 0 aromatic heterocycles. The standard InChI is InChI=1S/C21H19N3O3S/c1-14(27-18-12-11-15-7-5-6-10-17(15)13-18)19(25)23-24-21(28)22-20(26)16-8-3-2-4-9-16/h2-14H,1H3,(H,23,25)(H2,22,24,26,28)/t14-/m0/s1. The number of amides is 2. The molecule has 0 spiro atoms. The van der Waals surface area contributed by atoms with E-state index in [0.717, 1.165) is 10.8 Å². The molecule has 3 aromatic carbocycles. The molecule has 3 rings (SSSR count). The first-order valence-corrected chi connectivity index (χ1v) is 9.05. The number of nitrogens with one attached hydrogen (secondary N) is 3. The predicted molar refractivity (Wildman–Crippen MR) is 112 cm³/mol. The molecule has 0 bridgehead atoms. The molecule has 28 heavy (non-hydrogen) atoms. The van der Waals surface area contributed by atoms with Crippen molar-refractivity contribution in [3.8, 4) is 5.75 Å². The fourth-order valence-corrected chi connectivity index (χ4v) is 2.66. The first-order valence-electron chi connectivity index (χ1n) is 8.64. The number of carbonyl (C=O) groups is 2. The van der Waals surface area contributed by atoms with Gasteiger partial charge in [-0.15, -0.1) is 0 Å². The van der Waals surface area contributed by atoms with E-state index in [9.17, 15) is 9.59 Å². The fourth-order valence-electron chi connectivity index (χ4n) is 2.51. The lowest BCUT2D eigenvalue weighted by atomic mass is 10.1. The van der Waals surface area contributed by atoms with Gasteiger partial charge in [0, 0.05) is 5.56 Å². The molecular weight excluding hydrogens is 374 g/mol. The average molecular weight is 393 g/mol. The molecule has 142 valence electrons. The Balaban J connectivity index is 1.49. The topological polar surface area (TPSA) is 79.5 Å². The number of hydrogen-bond acceptors (Lipinski definition) is 4. The van der Waals surface area contributed by atoms with Gasteiger partial charge in [-0.25, -0.2) is 0 Å². The van der Waals surface area contributed by atoms with Gasteiger partial charge in [-0.1, -0.05) is 48.5 Å². The zero-order valence-electron chi connectivity index (χ0n) is 15.1. The average Bonchev–Trinajstić information content (AvgIpc) is 2.72. The Hall–Kier alpha value is -3.45. The predicted octanol–water partition coefficient (Wildman–Crippen LogP) is 2.94. The number of hydrazine groups is 1. The summed E-state index contributed by atoms with van der Waals surface area (Å²) in [6, 6.07) is 22.1. The van der Waals surface area contributed by atoms with Gasteiger partial charge in [-0.3, -0.25) is 25.8 Å². The Morgan fingerprint density at radius 3 is 2.32 bits per heavy atom. The molecule has 6 nitrogen and oxygen atoms in total. The number of fused-ring (bicyclic) bond motifs is 1.